The molecule has 2 aromatic rings. The summed E-state index contributed by atoms with van der Waals surface area (Å²) in [4.78, 5) is 8.05. The summed E-state index contributed by atoms with van der Waals surface area (Å²) < 4.78 is 1.11. The van der Waals surface area contributed by atoms with Crippen LogP contribution in [0, 0.1) is 11.3 Å². The molecular formula is C9H5N3S2. The van der Waals surface area contributed by atoms with Crippen molar-refractivity contribution in [2.24, 2.45) is 0 Å². The van der Waals surface area contributed by atoms with E-state index < -0.39 is 0 Å². The second-order valence-electron chi connectivity index (χ2n) is 2.36. The molecule has 0 saturated carbocycles. The first-order chi connectivity index (χ1) is 6.90. The number of aromatic nitrogens is 2. The Labute approximate surface area is 89.4 Å². The van der Waals surface area contributed by atoms with Crippen molar-refractivity contribution in [2.75, 3.05) is 0 Å². The Hall–Kier alpha value is -1.38. The highest BCUT2D eigenvalue weighted by Gasteiger charge is 2.06. The van der Waals surface area contributed by atoms with Crippen LogP contribution in [-0.2, 0) is 0 Å². The molecule has 0 saturated heterocycles. The molecule has 0 aliphatic carbocycles. The summed E-state index contributed by atoms with van der Waals surface area (Å²) in [5.41, 5.74) is 0.380. The molecule has 0 spiro atoms. The molecule has 2 rings (SSSR count). The number of rotatable bonds is 2. The first-order valence-electron chi connectivity index (χ1n) is 3.82. The molecule has 3 nitrogen and oxygen atoms in total. The lowest BCUT2D eigenvalue weighted by Crippen LogP contribution is -1.88. The third kappa shape index (κ3) is 1.92. The van der Waals surface area contributed by atoms with E-state index in [4.69, 9.17) is 5.26 Å². The van der Waals surface area contributed by atoms with Gasteiger partial charge in [-0.15, -0.1) is 11.3 Å². The summed E-state index contributed by atoms with van der Waals surface area (Å²) >= 11 is 3.09. The van der Waals surface area contributed by atoms with Crippen molar-refractivity contribution in [1.29, 1.82) is 5.26 Å². The monoisotopic (exact) mass is 219 g/mol. The zero-order valence-corrected chi connectivity index (χ0v) is 8.68. The van der Waals surface area contributed by atoms with Gasteiger partial charge in [-0.05, 0) is 11.4 Å². The fraction of sp³-hybridized carbons (Fsp3) is 0. The lowest BCUT2D eigenvalue weighted by Gasteiger charge is -1.97. The largest absolute Gasteiger partial charge is 0.245 e. The molecule has 0 aromatic carbocycles. The highest BCUT2D eigenvalue weighted by molar-refractivity contribution is 8.01. The fourth-order valence-corrected chi connectivity index (χ4v) is 2.58. The fourth-order valence-electron chi connectivity index (χ4n) is 0.893. The molecule has 0 N–H and O–H groups in total. The lowest BCUT2D eigenvalue weighted by molar-refractivity contribution is 1.03. The van der Waals surface area contributed by atoms with Crippen molar-refractivity contribution in [1.82, 2.24) is 9.97 Å². The van der Waals surface area contributed by atoms with E-state index in [9.17, 15) is 0 Å². The Morgan fingerprint density at radius 2 is 2.21 bits per heavy atom. The first-order valence-corrected chi connectivity index (χ1v) is 5.52. The molecule has 0 radical (unpaired) electrons. The van der Waals surface area contributed by atoms with Gasteiger partial charge in [0, 0.05) is 12.4 Å². The first kappa shape index (κ1) is 9.19. The van der Waals surface area contributed by atoms with Crippen LogP contribution in [-0.4, -0.2) is 9.97 Å². The van der Waals surface area contributed by atoms with Crippen LogP contribution in [0.5, 0.6) is 0 Å². The SMILES string of the molecule is N#Cc1nccnc1Sc1cccs1. The van der Waals surface area contributed by atoms with Gasteiger partial charge < -0.3 is 0 Å². The summed E-state index contributed by atoms with van der Waals surface area (Å²) in [7, 11) is 0. The highest BCUT2D eigenvalue weighted by atomic mass is 32.2. The minimum absolute atomic E-state index is 0.380. The normalized spacial score (nSPS) is 9.64. The summed E-state index contributed by atoms with van der Waals surface area (Å²) in [6.07, 6.45) is 3.12. The average Bonchev–Trinajstić information content (AvgIpc) is 2.71. The highest BCUT2D eigenvalue weighted by Crippen LogP contribution is 2.30. The molecule has 0 amide bonds. The van der Waals surface area contributed by atoms with Crippen LogP contribution in [0.15, 0.2) is 39.1 Å². The summed E-state index contributed by atoms with van der Waals surface area (Å²) in [5.74, 6) is 0. The molecule has 2 heterocycles. The maximum Gasteiger partial charge on any atom is 0.173 e. The maximum atomic E-state index is 8.78. The summed E-state index contributed by atoms with van der Waals surface area (Å²) in [6.45, 7) is 0. The van der Waals surface area contributed by atoms with Gasteiger partial charge in [-0.2, -0.15) is 5.26 Å². The lowest BCUT2D eigenvalue weighted by atomic mass is 10.5. The number of hydrogen-bond donors (Lipinski definition) is 0. The van der Waals surface area contributed by atoms with Gasteiger partial charge in [0.15, 0.2) is 5.69 Å². The second kappa shape index (κ2) is 4.22. The van der Waals surface area contributed by atoms with Gasteiger partial charge in [-0.3, -0.25) is 0 Å². The van der Waals surface area contributed by atoms with Gasteiger partial charge in [0.25, 0.3) is 0 Å². The Morgan fingerprint density at radius 1 is 1.36 bits per heavy atom. The quantitative estimate of drug-likeness (QED) is 0.778. The second-order valence-corrected chi connectivity index (χ2v) is 4.59. The van der Waals surface area contributed by atoms with Crippen molar-refractivity contribution < 1.29 is 0 Å². The van der Waals surface area contributed by atoms with E-state index in [0.717, 1.165) is 4.21 Å². The van der Waals surface area contributed by atoms with Gasteiger partial charge >= 0.3 is 0 Å². The molecule has 2 aromatic heterocycles. The Morgan fingerprint density at radius 3 is 2.93 bits per heavy atom. The van der Waals surface area contributed by atoms with Crippen molar-refractivity contribution in [2.45, 2.75) is 9.24 Å². The van der Waals surface area contributed by atoms with Gasteiger partial charge in [0.2, 0.25) is 0 Å². The summed E-state index contributed by atoms with van der Waals surface area (Å²) in [6, 6.07) is 5.98. The molecule has 0 fully saturated rings. The van der Waals surface area contributed by atoms with Crippen molar-refractivity contribution >= 4 is 23.1 Å². The molecular weight excluding hydrogens is 214 g/mol. The van der Waals surface area contributed by atoms with E-state index in [1.54, 1.807) is 17.5 Å². The number of nitrogens with zero attached hydrogens (tertiary/aromatic N) is 3. The Kier molecular flexibility index (Phi) is 2.77. The maximum absolute atomic E-state index is 8.78. The van der Waals surface area contributed by atoms with Crippen LogP contribution in [0.4, 0.5) is 0 Å². The van der Waals surface area contributed by atoms with Crippen LogP contribution < -0.4 is 0 Å². The third-order valence-electron chi connectivity index (χ3n) is 1.46. The molecule has 0 bridgehead atoms. The van der Waals surface area contributed by atoms with E-state index >= 15 is 0 Å². The Bertz CT molecular complexity index is 459. The molecule has 0 aliphatic heterocycles. The van der Waals surface area contributed by atoms with Gasteiger partial charge in [-0.25, -0.2) is 9.97 Å². The molecule has 0 unspecified atom stereocenters. The average molecular weight is 219 g/mol. The van der Waals surface area contributed by atoms with E-state index in [0.29, 0.717) is 10.7 Å². The Balaban J connectivity index is 2.30. The van der Waals surface area contributed by atoms with Crippen LogP contribution >= 0.6 is 23.1 Å². The topological polar surface area (TPSA) is 49.6 Å². The minimum atomic E-state index is 0.380. The zero-order valence-electron chi connectivity index (χ0n) is 7.04. The standard InChI is InChI=1S/C9H5N3S2/c10-6-7-9(12-4-3-11-7)14-8-2-1-5-13-8/h1-5H. The zero-order chi connectivity index (χ0) is 9.80. The van der Waals surface area contributed by atoms with Crippen molar-refractivity contribution in [3.8, 4) is 6.07 Å². The predicted molar refractivity (Wildman–Crippen MR) is 55.2 cm³/mol. The van der Waals surface area contributed by atoms with Crippen LogP contribution in [0.2, 0.25) is 0 Å². The van der Waals surface area contributed by atoms with Crippen LogP contribution in [0.1, 0.15) is 5.69 Å². The van der Waals surface area contributed by atoms with Crippen molar-refractivity contribution in [3.05, 3.63) is 35.6 Å². The van der Waals surface area contributed by atoms with E-state index in [1.807, 2.05) is 23.6 Å². The van der Waals surface area contributed by atoms with Gasteiger partial charge in [0.1, 0.15) is 11.1 Å². The smallest absolute Gasteiger partial charge is 0.173 e. The molecule has 68 valence electrons. The van der Waals surface area contributed by atoms with Gasteiger partial charge in [-0.1, -0.05) is 17.8 Å². The molecule has 0 atom stereocenters. The molecule has 14 heavy (non-hydrogen) atoms. The molecule has 0 aliphatic rings. The van der Waals surface area contributed by atoms with Crippen LogP contribution in [0.25, 0.3) is 0 Å². The number of nitriles is 1. The number of hydrogen-bond acceptors (Lipinski definition) is 5. The summed E-state index contributed by atoms with van der Waals surface area (Å²) in [5, 5.41) is 11.4. The van der Waals surface area contributed by atoms with Crippen LogP contribution in [0.3, 0.4) is 0 Å². The van der Waals surface area contributed by atoms with E-state index in [-0.39, 0.29) is 0 Å². The van der Waals surface area contributed by atoms with Crippen molar-refractivity contribution in [3.63, 3.8) is 0 Å². The predicted octanol–water partition coefficient (Wildman–Crippen LogP) is 2.56. The van der Waals surface area contributed by atoms with E-state index in [1.165, 1.54) is 18.0 Å². The minimum Gasteiger partial charge on any atom is -0.245 e. The van der Waals surface area contributed by atoms with Gasteiger partial charge in [0.05, 0.1) is 4.21 Å². The van der Waals surface area contributed by atoms with E-state index in [2.05, 4.69) is 9.97 Å². The molecule has 5 heteroatoms. The third-order valence-corrected chi connectivity index (χ3v) is 3.49. The number of thiophene rings is 1.